The molecule has 2 aromatic carbocycles. The molecule has 0 saturated heterocycles. The van der Waals surface area contributed by atoms with E-state index in [0.29, 0.717) is 22.2 Å². The fourth-order valence-electron chi connectivity index (χ4n) is 2.29. The van der Waals surface area contributed by atoms with Crippen molar-refractivity contribution in [2.24, 2.45) is 0 Å². The normalized spacial score (nSPS) is 12.4. The molecule has 0 spiro atoms. The van der Waals surface area contributed by atoms with E-state index in [-0.39, 0.29) is 18.0 Å². The summed E-state index contributed by atoms with van der Waals surface area (Å²) in [5, 5.41) is 4.23. The van der Waals surface area contributed by atoms with E-state index < -0.39 is 11.6 Å². The van der Waals surface area contributed by atoms with Crippen molar-refractivity contribution in [2.45, 2.75) is 19.4 Å². The van der Waals surface area contributed by atoms with Crippen LogP contribution in [0.1, 0.15) is 24.1 Å². The summed E-state index contributed by atoms with van der Waals surface area (Å²) in [5.74, 6) is -1.68. The largest absolute Gasteiger partial charge is 0.310 e. The van der Waals surface area contributed by atoms with Crippen molar-refractivity contribution in [3.8, 4) is 0 Å². The van der Waals surface area contributed by atoms with Crippen LogP contribution >= 0.6 is 23.2 Å². The molecule has 0 fully saturated rings. The lowest BCUT2D eigenvalue weighted by molar-refractivity contribution is 0.481. The summed E-state index contributed by atoms with van der Waals surface area (Å²) < 4.78 is 27.2. The van der Waals surface area contributed by atoms with Crippen LogP contribution in [0.25, 0.3) is 0 Å². The Kier molecular flexibility index (Phi) is 5.57. The number of nitrogens with one attached hydrogen (secondary N) is 1. The summed E-state index contributed by atoms with van der Waals surface area (Å²) in [6.07, 6.45) is 0.265. The van der Waals surface area contributed by atoms with Crippen LogP contribution < -0.4 is 5.32 Å². The number of hydrogen-bond acceptors (Lipinski definition) is 1. The Morgan fingerprint density at radius 2 is 1.67 bits per heavy atom. The van der Waals surface area contributed by atoms with Crippen molar-refractivity contribution in [2.75, 3.05) is 6.54 Å². The number of likely N-dealkylation sites (N-methyl/N-ethyl adjacent to an activating group) is 1. The van der Waals surface area contributed by atoms with Gasteiger partial charge in [0, 0.05) is 21.7 Å². The van der Waals surface area contributed by atoms with Gasteiger partial charge in [-0.25, -0.2) is 8.78 Å². The van der Waals surface area contributed by atoms with Crippen molar-refractivity contribution >= 4 is 23.2 Å². The SMILES string of the molecule is CCNC(Cc1cccc(F)c1F)c1c(Cl)cccc1Cl. The van der Waals surface area contributed by atoms with Crippen LogP contribution in [0.3, 0.4) is 0 Å². The first-order valence-electron chi connectivity index (χ1n) is 6.64. The third kappa shape index (κ3) is 3.73. The minimum Gasteiger partial charge on any atom is -0.310 e. The van der Waals surface area contributed by atoms with Crippen LogP contribution in [-0.4, -0.2) is 6.54 Å². The Morgan fingerprint density at radius 3 is 2.29 bits per heavy atom. The van der Waals surface area contributed by atoms with Crippen molar-refractivity contribution in [3.05, 3.63) is 69.2 Å². The van der Waals surface area contributed by atoms with Gasteiger partial charge < -0.3 is 5.32 Å². The van der Waals surface area contributed by atoms with Crippen LogP contribution in [0, 0.1) is 11.6 Å². The zero-order valence-electron chi connectivity index (χ0n) is 11.5. The van der Waals surface area contributed by atoms with Crippen molar-refractivity contribution in [3.63, 3.8) is 0 Å². The molecule has 0 radical (unpaired) electrons. The van der Waals surface area contributed by atoms with E-state index in [4.69, 9.17) is 23.2 Å². The van der Waals surface area contributed by atoms with Crippen LogP contribution in [0.5, 0.6) is 0 Å². The zero-order chi connectivity index (χ0) is 15.4. The minimum absolute atomic E-state index is 0.265. The second kappa shape index (κ2) is 7.21. The number of hydrogen-bond donors (Lipinski definition) is 1. The zero-order valence-corrected chi connectivity index (χ0v) is 13.0. The highest BCUT2D eigenvalue weighted by molar-refractivity contribution is 6.36. The predicted octanol–water partition coefficient (Wildman–Crippen LogP) is 5.16. The lowest BCUT2D eigenvalue weighted by atomic mass is 9.98. The highest BCUT2D eigenvalue weighted by atomic mass is 35.5. The van der Waals surface area contributed by atoms with Gasteiger partial charge in [0.05, 0.1) is 0 Å². The van der Waals surface area contributed by atoms with Crippen LogP contribution in [-0.2, 0) is 6.42 Å². The molecule has 0 aliphatic heterocycles. The Balaban J connectivity index is 2.38. The van der Waals surface area contributed by atoms with Crippen LogP contribution in [0.4, 0.5) is 8.78 Å². The third-order valence-electron chi connectivity index (χ3n) is 3.25. The van der Waals surface area contributed by atoms with Gasteiger partial charge in [0.15, 0.2) is 11.6 Å². The molecular formula is C16H15Cl2F2N. The van der Waals surface area contributed by atoms with E-state index >= 15 is 0 Å². The van der Waals surface area contributed by atoms with Gasteiger partial charge in [0.2, 0.25) is 0 Å². The van der Waals surface area contributed by atoms with E-state index in [1.165, 1.54) is 6.07 Å². The second-order valence-electron chi connectivity index (χ2n) is 4.66. The van der Waals surface area contributed by atoms with Crippen LogP contribution in [0.15, 0.2) is 36.4 Å². The second-order valence-corrected chi connectivity index (χ2v) is 5.48. The number of benzene rings is 2. The lowest BCUT2D eigenvalue weighted by Crippen LogP contribution is -2.24. The highest BCUT2D eigenvalue weighted by Gasteiger charge is 2.20. The fraction of sp³-hybridized carbons (Fsp3) is 0.250. The summed E-state index contributed by atoms with van der Waals surface area (Å²) in [5.41, 5.74) is 0.989. The average molecular weight is 330 g/mol. The van der Waals surface area contributed by atoms with Crippen molar-refractivity contribution in [1.82, 2.24) is 5.32 Å². The molecular weight excluding hydrogens is 315 g/mol. The Bertz CT molecular complexity index is 611. The van der Waals surface area contributed by atoms with Gasteiger partial charge in [0.1, 0.15) is 0 Å². The van der Waals surface area contributed by atoms with E-state index in [9.17, 15) is 8.78 Å². The molecule has 21 heavy (non-hydrogen) atoms. The molecule has 1 nitrogen and oxygen atoms in total. The van der Waals surface area contributed by atoms with Gasteiger partial charge in [-0.2, -0.15) is 0 Å². The minimum atomic E-state index is -0.854. The first kappa shape index (κ1) is 16.2. The highest BCUT2D eigenvalue weighted by Crippen LogP contribution is 2.32. The standard InChI is InChI=1S/C16H15Cl2F2N/c1-2-21-14(15-11(17)6-4-7-12(15)18)9-10-5-3-8-13(19)16(10)20/h3-8,14,21H,2,9H2,1H3. The summed E-state index contributed by atoms with van der Waals surface area (Å²) in [6.45, 7) is 2.59. The lowest BCUT2D eigenvalue weighted by Gasteiger charge is -2.21. The monoisotopic (exact) mass is 329 g/mol. The van der Waals surface area contributed by atoms with Gasteiger partial charge in [-0.1, -0.05) is 48.3 Å². The quantitative estimate of drug-likeness (QED) is 0.798. The average Bonchev–Trinajstić information content (AvgIpc) is 2.44. The molecule has 1 atom stereocenters. The summed E-state index contributed by atoms with van der Waals surface area (Å²) in [7, 11) is 0. The molecule has 0 aliphatic carbocycles. The summed E-state index contributed by atoms with van der Waals surface area (Å²) >= 11 is 12.4. The maximum Gasteiger partial charge on any atom is 0.162 e. The van der Waals surface area contributed by atoms with E-state index in [2.05, 4.69) is 5.32 Å². The molecule has 0 amide bonds. The van der Waals surface area contributed by atoms with Gasteiger partial charge >= 0.3 is 0 Å². The molecule has 0 bridgehead atoms. The fourth-order valence-corrected chi connectivity index (χ4v) is 2.95. The topological polar surface area (TPSA) is 12.0 Å². The van der Waals surface area contributed by atoms with E-state index in [1.54, 1.807) is 24.3 Å². The summed E-state index contributed by atoms with van der Waals surface area (Å²) in [6, 6.07) is 9.08. The molecule has 112 valence electrons. The van der Waals surface area contributed by atoms with Crippen molar-refractivity contribution in [1.29, 1.82) is 0 Å². The molecule has 2 rings (SSSR count). The predicted molar refractivity (Wildman–Crippen MR) is 82.9 cm³/mol. The van der Waals surface area contributed by atoms with Gasteiger partial charge in [-0.05, 0) is 36.7 Å². The maximum atomic E-state index is 13.9. The third-order valence-corrected chi connectivity index (χ3v) is 3.91. The molecule has 1 unspecified atom stereocenters. The molecule has 0 aliphatic rings. The molecule has 2 aromatic rings. The van der Waals surface area contributed by atoms with Gasteiger partial charge in [-0.15, -0.1) is 0 Å². The molecule has 1 N–H and O–H groups in total. The summed E-state index contributed by atoms with van der Waals surface area (Å²) in [4.78, 5) is 0. The first-order chi connectivity index (χ1) is 10.0. The smallest absolute Gasteiger partial charge is 0.162 e. The number of halogens is 4. The molecule has 5 heteroatoms. The Morgan fingerprint density at radius 1 is 1.05 bits per heavy atom. The van der Waals surface area contributed by atoms with Gasteiger partial charge in [-0.3, -0.25) is 0 Å². The Labute approximate surface area is 132 Å². The molecule has 0 aromatic heterocycles. The molecule has 0 heterocycles. The maximum absolute atomic E-state index is 13.9. The first-order valence-corrected chi connectivity index (χ1v) is 7.40. The van der Waals surface area contributed by atoms with E-state index in [0.717, 1.165) is 6.07 Å². The van der Waals surface area contributed by atoms with Gasteiger partial charge in [0.25, 0.3) is 0 Å². The number of rotatable bonds is 5. The Hall–Kier alpha value is -1.16. The van der Waals surface area contributed by atoms with Crippen LogP contribution in [0.2, 0.25) is 10.0 Å². The molecule has 0 saturated carbocycles. The van der Waals surface area contributed by atoms with E-state index in [1.807, 2.05) is 6.92 Å². The van der Waals surface area contributed by atoms with Crippen molar-refractivity contribution < 1.29 is 8.78 Å².